The van der Waals surface area contributed by atoms with Gasteiger partial charge in [0.15, 0.2) is 5.69 Å². The van der Waals surface area contributed by atoms with Crippen LogP contribution < -0.4 is 5.23 Å². The normalized spacial score (nSPS) is 15.7. The van der Waals surface area contributed by atoms with Gasteiger partial charge < -0.3 is 5.21 Å². The first-order valence-electron chi connectivity index (χ1n) is 5.72. The van der Waals surface area contributed by atoms with E-state index in [1.807, 2.05) is 13.8 Å². The second-order valence-corrected chi connectivity index (χ2v) is 5.22. The van der Waals surface area contributed by atoms with Crippen molar-refractivity contribution >= 4 is 38.9 Å². The van der Waals surface area contributed by atoms with Crippen molar-refractivity contribution in [3.05, 3.63) is 23.4 Å². The summed E-state index contributed by atoms with van der Waals surface area (Å²) in [4.78, 5) is 8.77. The average molecular weight is 317 g/mol. The predicted octanol–water partition coefficient (Wildman–Crippen LogP) is 1.03. The number of quaternary nitrogens is 1. The van der Waals surface area contributed by atoms with Crippen LogP contribution in [-0.2, 0) is 10.4 Å². The van der Waals surface area contributed by atoms with Crippen LogP contribution in [0.15, 0.2) is 28.2 Å². The van der Waals surface area contributed by atoms with Gasteiger partial charge >= 0.3 is 10.4 Å². The molecule has 1 atom stereocenters. The SMILES string of the molecule is CC1=Nc2ccc([NH+]([O-])O)cc2N=C(C)C1.O=S(=O)(O)O. The van der Waals surface area contributed by atoms with Gasteiger partial charge in [-0.15, -0.1) is 0 Å². The minimum atomic E-state index is -4.67. The van der Waals surface area contributed by atoms with E-state index < -0.39 is 15.6 Å². The molecule has 0 radical (unpaired) electrons. The molecule has 0 bridgehead atoms. The van der Waals surface area contributed by atoms with Gasteiger partial charge in [0.25, 0.3) is 0 Å². The summed E-state index contributed by atoms with van der Waals surface area (Å²) in [7, 11) is -4.67. The zero-order chi connectivity index (χ0) is 16.2. The van der Waals surface area contributed by atoms with E-state index in [2.05, 4.69) is 9.98 Å². The monoisotopic (exact) mass is 317 g/mol. The van der Waals surface area contributed by atoms with Crippen molar-refractivity contribution in [3.63, 3.8) is 0 Å². The van der Waals surface area contributed by atoms with Gasteiger partial charge in [0.05, 0.1) is 11.4 Å². The summed E-state index contributed by atoms with van der Waals surface area (Å²) >= 11 is 0. The second kappa shape index (κ2) is 6.85. The molecule has 1 aliphatic rings. The molecule has 10 heteroatoms. The summed E-state index contributed by atoms with van der Waals surface area (Å²) in [6.45, 7) is 3.86. The maximum absolute atomic E-state index is 10.8. The Morgan fingerprint density at radius 1 is 1.14 bits per heavy atom. The van der Waals surface area contributed by atoms with Crippen molar-refractivity contribution in [2.45, 2.75) is 20.3 Å². The molecular weight excluding hydrogens is 302 g/mol. The van der Waals surface area contributed by atoms with Gasteiger partial charge in [-0.3, -0.25) is 19.1 Å². The summed E-state index contributed by atoms with van der Waals surface area (Å²) < 4.78 is 31.6. The van der Waals surface area contributed by atoms with Gasteiger partial charge in [0.1, 0.15) is 0 Å². The summed E-state index contributed by atoms with van der Waals surface area (Å²) in [6.07, 6.45) is 0.733. The Labute approximate surface area is 121 Å². The van der Waals surface area contributed by atoms with Crippen molar-refractivity contribution in [1.29, 1.82) is 0 Å². The lowest BCUT2D eigenvalue weighted by Crippen LogP contribution is -2.99. The first kappa shape index (κ1) is 17.4. The third-order valence-corrected chi connectivity index (χ3v) is 2.36. The van der Waals surface area contributed by atoms with E-state index in [1.165, 1.54) is 0 Å². The van der Waals surface area contributed by atoms with Gasteiger partial charge in [-0.1, -0.05) is 0 Å². The molecule has 116 valence electrons. The Morgan fingerprint density at radius 2 is 1.62 bits per heavy atom. The van der Waals surface area contributed by atoms with Crippen LogP contribution in [0.4, 0.5) is 17.1 Å². The number of nitrogens with zero attached hydrogens (tertiary/aromatic N) is 2. The van der Waals surface area contributed by atoms with Crippen LogP contribution in [0.3, 0.4) is 0 Å². The Bertz CT molecular complexity index is 673. The molecule has 9 nitrogen and oxygen atoms in total. The molecule has 1 unspecified atom stereocenters. The Kier molecular flexibility index (Phi) is 5.66. The summed E-state index contributed by atoms with van der Waals surface area (Å²) in [5.74, 6) is 0. The largest absolute Gasteiger partial charge is 0.595 e. The maximum Gasteiger partial charge on any atom is 0.394 e. The number of benzene rings is 1. The minimum Gasteiger partial charge on any atom is -0.595 e. The molecule has 4 N–H and O–H groups in total. The van der Waals surface area contributed by atoms with E-state index in [0.717, 1.165) is 23.5 Å². The summed E-state index contributed by atoms with van der Waals surface area (Å²) in [5.41, 5.74) is 3.55. The van der Waals surface area contributed by atoms with E-state index in [9.17, 15) is 5.21 Å². The lowest BCUT2D eigenvalue weighted by Gasteiger charge is -2.12. The molecule has 0 fully saturated rings. The molecule has 21 heavy (non-hydrogen) atoms. The van der Waals surface area contributed by atoms with Gasteiger partial charge in [0, 0.05) is 30.0 Å². The third kappa shape index (κ3) is 6.53. The van der Waals surface area contributed by atoms with Gasteiger partial charge in [0.2, 0.25) is 0 Å². The number of aliphatic imine (C=N–C) groups is 2. The molecular formula is C11H15N3O6S. The molecule has 0 aliphatic carbocycles. The van der Waals surface area contributed by atoms with Crippen LogP contribution in [0, 0.1) is 5.21 Å². The highest BCUT2D eigenvalue weighted by Crippen LogP contribution is 2.32. The van der Waals surface area contributed by atoms with Crippen molar-refractivity contribution in [2.75, 3.05) is 0 Å². The van der Waals surface area contributed by atoms with Crippen LogP contribution in [0.5, 0.6) is 0 Å². The zero-order valence-corrected chi connectivity index (χ0v) is 12.1. The van der Waals surface area contributed by atoms with E-state index in [1.54, 1.807) is 18.2 Å². The van der Waals surface area contributed by atoms with E-state index in [4.69, 9.17) is 22.7 Å². The Morgan fingerprint density at radius 3 is 2.10 bits per heavy atom. The van der Waals surface area contributed by atoms with Crippen LogP contribution in [0.2, 0.25) is 0 Å². The van der Waals surface area contributed by atoms with Gasteiger partial charge in [-0.25, -0.2) is 5.21 Å². The van der Waals surface area contributed by atoms with Crippen molar-refractivity contribution in [1.82, 2.24) is 0 Å². The Balaban J connectivity index is 0.000000383. The van der Waals surface area contributed by atoms with Gasteiger partial charge in [-0.05, 0) is 19.9 Å². The molecule has 0 spiro atoms. The second-order valence-electron chi connectivity index (χ2n) is 4.33. The lowest BCUT2D eigenvalue weighted by molar-refractivity contribution is -0.991. The smallest absolute Gasteiger partial charge is 0.394 e. The first-order valence-corrected chi connectivity index (χ1v) is 7.11. The standard InChI is InChI=1S/C11H13N3O2.H2O4S/c1-7-5-8(2)13-11-6-9(14(15)16)3-4-10(11)12-7;1-5(2,3)4/h3-4,6,14-15H,5H2,1-2H3;(H2,1,2,3,4). The quantitative estimate of drug-likeness (QED) is 0.449. The van der Waals surface area contributed by atoms with Crippen LogP contribution in [0.1, 0.15) is 20.3 Å². The fraction of sp³-hybridized carbons (Fsp3) is 0.273. The van der Waals surface area contributed by atoms with Crippen LogP contribution in [-0.4, -0.2) is 34.2 Å². The van der Waals surface area contributed by atoms with E-state index >= 15 is 0 Å². The number of rotatable bonds is 1. The molecule has 1 heterocycles. The van der Waals surface area contributed by atoms with E-state index in [0.29, 0.717) is 5.69 Å². The minimum absolute atomic E-state index is 0.241. The molecule has 1 aliphatic heterocycles. The molecule has 0 saturated carbocycles. The highest BCUT2D eigenvalue weighted by Gasteiger charge is 2.10. The fourth-order valence-corrected chi connectivity index (χ4v) is 1.70. The first-order chi connectivity index (χ1) is 9.56. The summed E-state index contributed by atoms with van der Waals surface area (Å²) in [6, 6.07) is 4.81. The number of hydrogen-bond donors (Lipinski definition) is 4. The number of nitrogens with one attached hydrogen (secondary N) is 1. The zero-order valence-electron chi connectivity index (χ0n) is 11.3. The predicted molar refractivity (Wildman–Crippen MR) is 76.6 cm³/mol. The fourth-order valence-electron chi connectivity index (χ4n) is 1.70. The van der Waals surface area contributed by atoms with Gasteiger partial charge in [-0.2, -0.15) is 13.6 Å². The molecule has 0 saturated heterocycles. The molecule has 0 amide bonds. The molecule has 1 aromatic carbocycles. The van der Waals surface area contributed by atoms with Crippen LogP contribution in [0.25, 0.3) is 0 Å². The lowest BCUT2D eigenvalue weighted by atomic mass is 10.2. The third-order valence-electron chi connectivity index (χ3n) is 2.36. The van der Waals surface area contributed by atoms with Crippen molar-refractivity contribution < 1.29 is 28.0 Å². The molecule has 1 aromatic rings. The Hall–Kier alpha value is -1.69. The van der Waals surface area contributed by atoms with E-state index in [-0.39, 0.29) is 5.69 Å². The molecule has 0 aromatic heterocycles. The summed E-state index contributed by atoms with van der Waals surface area (Å²) in [5, 5.41) is 18.8. The van der Waals surface area contributed by atoms with Crippen LogP contribution >= 0.6 is 0 Å². The van der Waals surface area contributed by atoms with Crippen molar-refractivity contribution in [2.24, 2.45) is 9.98 Å². The topological polar surface area (TPSA) is 147 Å². The highest BCUT2D eigenvalue weighted by atomic mass is 32.3. The van der Waals surface area contributed by atoms with Crippen molar-refractivity contribution in [3.8, 4) is 0 Å². The maximum atomic E-state index is 10.8. The average Bonchev–Trinajstić information content (AvgIpc) is 2.41. The number of fused-ring (bicyclic) bond motifs is 1. The highest BCUT2D eigenvalue weighted by molar-refractivity contribution is 7.79. The molecule has 2 rings (SSSR count). The number of hydrogen-bond acceptors (Lipinski definition) is 6.